The number of rotatable bonds is 5. The van der Waals surface area contributed by atoms with Gasteiger partial charge in [-0.2, -0.15) is 0 Å². The lowest BCUT2D eigenvalue weighted by Gasteiger charge is -2.22. The molecule has 2 unspecified atom stereocenters. The molecule has 0 aromatic heterocycles. The highest BCUT2D eigenvalue weighted by Crippen LogP contribution is 2.15. The molecule has 0 aliphatic rings. The Hall–Kier alpha value is -0.870. The zero-order chi connectivity index (χ0) is 13.9. The van der Waals surface area contributed by atoms with Crippen molar-refractivity contribution < 1.29 is 8.42 Å². The Balaban J connectivity index is 2.89. The molecule has 0 spiro atoms. The number of nitrogens with one attached hydrogen (secondary N) is 1. The van der Waals surface area contributed by atoms with Crippen molar-refractivity contribution >= 4 is 9.84 Å². The van der Waals surface area contributed by atoms with Gasteiger partial charge in [0.25, 0.3) is 0 Å². The second kappa shape index (κ2) is 5.85. The molecular formula is C14H23NO2S. The van der Waals surface area contributed by atoms with Crippen LogP contribution in [-0.2, 0) is 16.3 Å². The normalized spacial score (nSPS) is 15.4. The van der Waals surface area contributed by atoms with Crippen molar-refractivity contribution in [3.63, 3.8) is 0 Å². The quantitative estimate of drug-likeness (QED) is 0.887. The zero-order valence-electron chi connectivity index (χ0n) is 11.8. The van der Waals surface area contributed by atoms with Crippen LogP contribution in [0.1, 0.15) is 23.6 Å². The third kappa shape index (κ3) is 3.82. The van der Waals surface area contributed by atoms with Gasteiger partial charge in [0, 0.05) is 12.3 Å². The van der Waals surface area contributed by atoms with Gasteiger partial charge in [-0.15, -0.1) is 0 Å². The van der Waals surface area contributed by atoms with E-state index in [-0.39, 0.29) is 11.3 Å². The highest BCUT2D eigenvalue weighted by atomic mass is 32.2. The Labute approximate surface area is 111 Å². The number of hydrogen-bond donors (Lipinski definition) is 1. The van der Waals surface area contributed by atoms with E-state index in [0.717, 1.165) is 6.42 Å². The molecule has 0 aliphatic carbocycles. The first kappa shape index (κ1) is 15.2. The summed E-state index contributed by atoms with van der Waals surface area (Å²) in [4.78, 5) is 0. The fourth-order valence-electron chi connectivity index (χ4n) is 1.99. The van der Waals surface area contributed by atoms with E-state index in [1.54, 1.807) is 6.92 Å². The molecule has 0 radical (unpaired) electrons. The van der Waals surface area contributed by atoms with E-state index in [1.807, 2.05) is 7.05 Å². The number of likely N-dealkylation sites (N-methyl/N-ethyl adjacent to an activating group) is 1. The molecule has 1 aromatic rings. The summed E-state index contributed by atoms with van der Waals surface area (Å²) in [7, 11) is -1.20. The topological polar surface area (TPSA) is 46.2 Å². The monoisotopic (exact) mass is 269 g/mol. The van der Waals surface area contributed by atoms with Gasteiger partial charge >= 0.3 is 0 Å². The van der Waals surface area contributed by atoms with E-state index in [4.69, 9.17) is 0 Å². The molecule has 18 heavy (non-hydrogen) atoms. The Morgan fingerprint density at radius 1 is 1.22 bits per heavy atom. The van der Waals surface area contributed by atoms with Crippen LogP contribution >= 0.6 is 0 Å². The predicted molar refractivity (Wildman–Crippen MR) is 76.8 cm³/mol. The van der Waals surface area contributed by atoms with Crippen LogP contribution < -0.4 is 5.32 Å². The van der Waals surface area contributed by atoms with E-state index in [1.165, 1.54) is 22.9 Å². The zero-order valence-corrected chi connectivity index (χ0v) is 12.6. The van der Waals surface area contributed by atoms with Gasteiger partial charge in [-0.05, 0) is 50.9 Å². The molecule has 0 heterocycles. The Morgan fingerprint density at radius 2 is 1.83 bits per heavy atom. The van der Waals surface area contributed by atoms with Crippen LogP contribution in [0.5, 0.6) is 0 Å². The molecule has 4 heteroatoms. The van der Waals surface area contributed by atoms with Gasteiger partial charge < -0.3 is 5.32 Å². The first-order valence-corrected chi connectivity index (χ1v) is 8.13. The second-order valence-corrected chi connectivity index (χ2v) is 7.46. The molecule has 3 nitrogen and oxygen atoms in total. The van der Waals surface area contributed by atoms with E-state index in [9.17, 15) is 8.42 Å². The van der Waals surface area contributed by atoms with E-state index in [0.29, 0.717) is 0 Å². The summed E-state index contributed by atoms with van der Waals surface area (Å²) in [5.41, 5.74) is 3.68. The van der Waals surface area contributed by atoms with Crippen LogP contribution in [0, 0.1) is 13.8 Å². The van der Waals surface area contributed by atoms with Crippen molar-refractivity contribution in [1.82, 2.24) is 5.32 Å². The minimum Gasteiger partial charge on any atom is -0.315 e. The maximum atomic E-state index is 11.6. The summed E-state index contributed by atoms with van der Waals surface area (Å²) in [5.74, 6) is 0. The Morgan fingerprint density at radius 3 is 2.28 bits per heavy atom. The summed E-state index contributed by atoms with van der Waals surface area (Å²) in [5, 5.41) is 2.73. The highest BCUT2D eigenvalue weighted by Gasteiger charge is 2.24. The molecule has 2 atom stereocenters. The molecule has 1 rings (SSSR count). The van der Waals surface area contributed by atoms with Gasteiger partial charge in [-0.1, -0.05) is 18.2 Å². The number of benzene rings is 1. The van der Waals surface area contributed by atoms with Crippen molar-refractivity contribution in [1.29, 1.82) is 0 Å². The second-order valence-electron chi connectivity index (χ2n) is 5.05. The Kier molecular flexibility index (Phi) is 4.93. The molecule has 0 bridgehead atoms. The van der Waals surface area contributed by atoms with Crippen molar-refractivity contribution in [3.05, 3.63) is 34.9 Å². The summed E-state index contributed by atoms with van der Waals surface area (Å²) in [6.07, 6.45) is 2.02. The Bertz CT molecular complexity index is 509. The first-order chi connectivity index (χ1) is 8.25. The maximum absolute atomic E-state index is 11.6. The van der Waals surface area contributed by atoms with Gasteiger partial charge in [0.15, 0.2) is 9.84 Å². The fraction of sp³-hybridized carbons (Fsp3) is 0.571. The third-order valence-electron chi connectivity index (χ3n) is 3.64. The van der Waals surface area contributed by atoms with Crippen LogP contribution in [-0.4, -0.2) is 33.0 Å². The van der Waals surface area contributed by atoms with Crippen molar-refractivity contribution in [3.8, 4) is 0 Å². The van der Waals surface area contributed by atoms with Crippen molar-refractivity contribution in [2.45, 2.75) is 38.5 Å². The summed E-state index contributed by atoms with van der Waals surface area (Å²) in [6.45, 7) is 5.92. The molecular weight excluding hydrogens is 246 g/mol. The van der Waals surface area contributed by atoms with E-state index < -0.39 is 9.84 Å². The third-order valence-corrected chi connectivity index (χ3v) is 5.32. The van der Waals surface area contributed by atoms with Gasteiger partial charge in [-0.25, -0.2) is 8.42 Å². The molecule has 1 aromatic carbocycles. The van der Waals surface area contributed by atoms with Gasteiger partial charge in [0.2, 0.25) is 0 Å². The number of hydrogen-bond acceptors (Lipinski definition) is 3. The molecule has 1 N–H and O–H groups in total. The molecule has 0 amide bonds. The van der Waals surface area contributed by atoms with Crippen LogP contribution in [0.3, 0.4) is 0 Å². The lowest BCUT2D eigenvalue weighted by Crippen LogP contribution is -2.41. The average Bonchev–Trinajstić information content (AvgIpc) is 2.28. The molecule has 0 saturated heterocycles. The summed E-state index contributed by atoms with van der Waals surface area (Å²) >= 11 is 0. The van der Waals surface area contributed by atoms with Gasteiger partial charge in [0.05, 0.1) is 5.25 Å². The summed E-state index contributed by atoms with van der Waals surface area (Å²) < 4.78 is 23.2. The number of sulfone groups is 1. The lowest BCUT2D eigenvalue weighted by atomic mass is 10.00. The average molecular weight is 269 g/mol. The van der Waals surface area contributed by atoms with Gasteiger partial charge in [-0.3, -0.25) is 0 Å². The van der Waals surface area contributed by atoms with Crippen molar-refractivity contribution in [2.24, 2.45) is 0 Å². The largest absolute Gasteiger partial charge is 0.315 e. The lowest BCUT2D eigenvalue weighted by molar-refractivity contribution is 0.516. The minimum absolute atomic E-state index is 0.0536. The maximum Gasteiger partial charge on any atom is 0.151 e. The van der Waals surface area contributed by atoms with Crippen LogP contribution in [0.15, 0.2) is 18.2 Å². The fourth-order valence-corrected chi connectivity index (χ4v) is 2.81. The van der Waals surface area contributed by atoms with Crippen LogP contribution in [0.2, 0.25) is 0 Å². The molecule has 0 saturated carbocycles. The standard InChI is InChI=1S/C14H23NO2S/c1-10-6-7-13(8-11(10)2)9-14(15-4)12(3)18(5,16)17/h6-8,12,14-15H,9H2,1-5H3. The molecule has 0 aliphatic heterocycles. The minimum atomic E-state index is -3.02. The van der Waals surface area contributed by atoms with Crippen molar-refractivity contribution in [2.75, 3.05) is 13.3 Å². The molecule has 102 valence electrons. The highest BCUT2D eigenvalue weighted by molar-refractivity contribution is 7.91. The van der Waals surface area contributed by atoms with Gasteiger partial charge in [0.1, 0.15) is 0 Å². The summed E-state index contributed by atoms with van der Waals surface area (Å²) in [6, 6.07) is 6.24. The van der Waals surface area contributed by atoms with Crippen LogP contribution in [0.4, 0.5) is 0 Å². The number of aryl methyl sites for hydroxylation is 2. The molecule has 0 fully saturated rings. The van der Waals surface area contributed by atoms with E-state index >= 15 is 0 Å². The SMILES string of the molecule is CNC(Cc1ccc(C)c(C)c1)C(C)S(C)(=O)=O. The first-order valence-electron chi connectivity index (χ1n) is 6.18. The van der Waals surface area contributed by atoms with E-state index in [2.05, 4.69) is 37.4 Å². The van der Waals surface area contributed by atoms with Crippen LogP contribution in [0.25, 0.3) is 0 Å². The smallest absolute Gasteiger partial charge is 0.151 e. The predicted octanol–water partition coefficient (Wildman–Crippen LogP) is 1.87.